The van der Waals surface area contributed by atoms with Crippen LogP contribution in [0.1, 0.15) is 29.2 Å². The molecule has 8 nitrogen and oxygen atoms in total. The van der Waals surface area contributed by atoms with Crippen LogP contribution >= 0.6 is 0 Å². The third-order valence-electron chi connectivity index (χ3n) is 6.17. The van der Waals surface area contributed by atoms with Crippen molar-refractivity contribution in [1.29, 1.82) is 0 Å². The zero-order valence-electron chi connectivity index (χ0n) is 19.5. The largest absolute Gasteiger partial charge is 0.497 e. The highest BCUT2D eigenvalue weighted by Gasteiger charge is 2.37. The number of imidazole rings is 1. The first kappa shape index (κ1) is 23.4. The predicted molar refractivity (Wildman–Crippen MR) is 128 cm³/mol. The molecule has 1 aromatic heterocycles. The summed E-state index contributed by atoms with van der Waals surface area (Å²) in [5.41, 5.74) is 2.87. The maximum atomic E-state index is 13.4. The number of benzene rings is 2. The summed E-state index contributed by atoms with van der Waals surface area (Å²) < 4.78 is 10.7. The molecule has 178 valence electrons. The van der Waals surface area contributed by atoms with Crippen molar-refractivity contribution in [3.63, 3.8) is 0 Å². The van der Waals surface area contributed by atoms with Gasteiger partial charge in [0.05, 0.1) is 26.2 Å². The van der Waals surface area contributed by atoms with E-state index in [2.05, 4.69) is 15.3 Å². The van der Waals surface area contributed by atoms with Crippen molar-refractivity contribution in [3.05, 3.63) is 77.9 Å². The Morgan fingerprint density at radius 2 is 1.88 bits per heavy atom. The molecule has 1 aliphatic rings. The first-order chi connectivity index (χ1) is 16.6. The molecule has 0 unspecified atom stereocenters. The number of carbonyl (C=O) groups excluding carboxylic acids is 2. The van der Waals surface area contributed by atoms with Crippen molar-refractivity contribution in [1.82, 2.24) is 20.2 Å². The Balaban J connectivity index is 1.42. The molecular weight excluding hydrogens is 432 g/mol. The number of rotatable bonds is 10. The van der Waals surface area contributed by atoms with Crippen molar-refractivity contribution in [2.24, 2.45) is 0 Å². The van der Waals surface area contributed by atoms with Gasteiger partial charge in [0.2, 0.25) is 11.8 Å². The van der Waals surface area contributed by atoms with Gasteiger partial charge in [0.15, 0.2) is 0 Å². The third-order valence-corrected chi connectivity index (χ3v) is 6.17. The molecule has 3 aromatic rings. The monoisotopic (exact) mass is 462 g/mol. The summed E-state index contributed by atoms with van der Waals surface area (Å²) in [6.45, 7) is 1.20. The van der Waals surface area contributed by atoms with Crippen molar-refractivity contribution in [2.75, 3.05) is 27.3 Å². The van der Waals surface area contributed by atoms with Crippen LogP contribution in [0.25, 0.3) is 0 Å². The van der Waals surface area contributed by atoms with Crippen LogP contribution in [0.3, 0.4) is 0 Å². The second-order valence-electron chi connectivity index (χ2n) is 8.41. The molecule has 1 aliphatic heterocycles. The van der Waals surface area contributed by atoms with Gasteiger partial charge in [-0.3, -0.25) is 9.59 Å². The minimum absolute atomic E-state index is 0.0740. The van der Waals surface area contributed by atoms with Gasteiger partial charge in [0.1, 0.15) is 17.5 Å². The molecule has 2 amide bonds. The van der Waals surface area contributed by atoms with Gasteiger partial charge >= 0.3 is 0 Å². The summed E-state index contributed by atoms with van der Waals surface area (Å²) in [5.74, 6) is 1.56. The summed E-state index contributed by atoms with van der Waals surface area (Å²) >= 11 is 0. The molecule has 8 heteroatoms. The Kier molecular flexibility index (Phi) is 7.47. The van der Waals surface area contributed by atoms with E-state index in [0.717, 1.165) is 28.3 Å². The highest BCUT2D eigenvalue weighted by molar-refractivity contribution is 5.88. The lowest BCUT2D eigenvalue weighted by molar-refractivity contribution is -0.140. The molecule has 0 aliphatic carbocycles. The van der Waals surface area contributed by atoms with Crippen LogP contribution in [-0.4, -0.2) is 60.0 Å². The second-order valence-corrected chi connectivity index (χ2v) is 8.41. The average molecular weight is 463 g/mol. The first-order valence-electron chi connectivity index (χ1n) is 11.4. The number of aromatic nitrogens is 2. The number of nitrogens with zero attached hydrogens (tertiary/aromatic N) is 2. The number of nitrogens with one attached hydrogen (secondary N) is 2. The van der Waals surface area contributed by atoms with Crippen LogP contribution in [0.5, 0.6) is 11.5 Å². The first-order valence-corrected chi connectivity index (χ1v) is 11.4. The lowest BCUT2D eigenvalue weighted by Crippen LogP contribution is -2.56. The molecule has 0 spiro atoms. The van der Waals surface area contributed by atoms with Gasteiger partial charge in [-0.05, 0) is 30.2 Å². The average Bonchev–Trinajstić information content (AvgIpc) is 3.36. The normalized spacial score (nSPS) is 14.2. The van der Waals surface area contributed by atoms with E-state index in [1.54, 1.807) is 31.6 Å². The number of hydrogen-bond donors (Lipinski definition) is 2. The van der Waals surface area contributed by atoms with Crippen LogP contribution in [0, 0.1) is 0 Å². The van der Waals surface area contributed by atoms with E-state index in [4.69, 9.17) is 9.47 Å². The van der Waals surface area contributed by atoms with Crippen molar-refractivity contribution in [2.45, 2.75) is 31.2 Å². The zero-order valence-corrected chi connectivity index (χ0v) is 19.5. The van der Waals surface area contributed by atoms with Crippen molar-refractivity contribution < 1.29 is 19.1 Å². The molecule has 4 rings (SSSR count). The third kappa shape index (κ3) is 5.57. The minimum Gasteiger partial charge on any atom is -0.497 e. The molecule has 0 bridgehead atoms. The quantitative estimate of drug-likeness (QED) is 0.483. The van der Waals surface area contributed by atoms with E-state index in [0.29, 0.717) is 25.9 Å². The molecule has 34 heavy (non-hydrogen) atoms. The number of ether oxygens (including phenoxy) is 2. The van der Waals surface area contributed by atoms with Crippen LogP contribution in [0.4, 0.5) is 0 Å². The van der Waals surface area contributed by atoms with Crippen molar-refractivity contribution >= 4 is 11.8 Å². The number of methoxy groups -OCH3 is 2. The predicted octanol–water partition coefficient (Wildman–Crippen LogP) is 2.71. The number of aryl methyl sites for hydroxylation is 1. The topological polar surface area (TPSA) is 96.5 Å². The van der Waals surface area contributed by atoms with Gasteiger partial charge < -0.3 is 24.7 Å². The molecule has 1 atom stereocenters. The fourth-order valence-corrected chi connectivity index (χ4v) is 4.21. The summed E-state index contributed by atoms with van der Waals surface area (Å²) in [5, 5.41) is 2.96. The van der Waals surface area contributed by atoms with Gasteiger partial charge in [-0.1, -0.05) is 30.3 Å². The molecule has 2 N–H and O–H groups in total. The number of para-hydroxylation sites is 1. The number of aromatic amines is 1. The highest BCUT2D eigenvalue weighted by Crippen LogP contribution is 2.33. The Labute approximate surface area is 199 Å². The van der Waals surface area contributed by atoms with E-state index in [9.17, 15) is 9.59 Å². The number of hydrogen-bond acceptors (Lipinski definition) is 5. The fourth-order valence-electron chi connectivity index (χ4n) is 4.21. The van der Waals surface area contributed by atoms with E-state index < -0.39 is 6.04 Å². The lowest BCUT2D eigenvalue weighted by atomic mass is 9.89. The lowest BCUT2D eigenvalue weighted by Gasteiger charge is -2.41. The van der Waals surface area contributed by atoms with E-state index in [1.807, 2.05) is 48.5 Å². The van der Waals surface area contributed by atoms with Crippen LogP contribution < -0.4 is 14.8 Å². The van der Waals surface area contributed by atoms with Gasteiger partial charge in [-0.2, -0.15) is 0 Å². The summed E-state index contributed by atoms with van der Waals surface area (Å²) in [4.78, 5) is 34.9. The Hall–Kier alpha value is -3.81. The summed E-state index contributed by atoms with van der Waals surface area (Å²) in [6.07, 6.45) is 4.54. The van der Waals surface area contributed by atoms with Crippen LogP contribution in [0.15, 0.2) is 61.1 Å². The zero-order chi connectivity index (χ0) is 23.9. The number of carbonyl (C=O) groups is 2. The number of H-pyrrole nitrogens is 1. The van der Waals surface area contributed by atoms with E-state index in [-0.39, 0.29) is 24.2 Å². The van der Waals surface area contributed by atoms with Crippen molar-refractivity contribution in [3.8, 4) is 11.5 Å². The number of likely N-dealkylation sites (tertiary alicyclic amines) is 1. The Morgan fingerprint density at radius 3 is 2.56 bits per heavy atom. The Morgan fingerprint density at radius 1 is 1.12 bits per heavy atom. The summed E-state index contributed by atoms with van der Waals surface area (Å²) in [7, 11) is 3.27. The second kappa shape index (κ2) is 10.9. The van der Waals surface area contributed by atoms with Gasteiger partial charge in [-0.15, -0.1) is 0 Å². The highest BCUT2D eigenvalue weighted by atomic mass is 16.5. The maximum absolute atomic E-state index is 13.4. The molecule has 1 fully saturated rings. The van der Waals surface area contributed by atoms with Crippen LogP contribution in [0.2, 0.25) is 0 Å². The van der Waals surface area contributed by atoms with E-state index in [1.165, 1.54) is 0 Å². The smallest absolute Gasteiger partial charge is 0.245 e. The summed E-state index contributed by atoms with van der Waals surface area (Å²) in [6, 6.07) is 14.8. The van der Waals surface area contributed by atoms with Crippen LogP contribution in [-0.2, 0) is 22.4 Å². The fraction of sp³-hybridized carbons (Fsp3) is 0.346. The minimum atomic E-state index is -0.640. The van der Waals surface area contributed by atoms with Gasteiger partial charge in [0.25, 0.3) is 0 Å². The molecule has 2 heterocycles. The SMILES string of the molecule is COc1ccc(C[C@@H](NC(=O)CCc2c[nH]cn2)C(=O)N2CC(c3ccccc3OC)C2)cc1. The Bertz CT molecular complexity index is 1090. The molecular formula is C26H30N4O4. The molecule has 1 saturated heterocycles. The molecule has 0 radical (unpaired) electrons. The van der Waals surface area contributed by atoms with E-state index >= 15 is 0 Å². The standard InChI is InChI=1S/C26H30N4O4/c1-33-21-10-7-18(8-11-21)13-23(29-25(31)12-9-20-14-27-17-28-20)26(32)30-15-19(16-30)22-5-3-4-6-24(22)34-2/h3-8,10-11,14,17,19,23H,9,12-13,15-16H2,1-2H3,(H,27,28)(H,29,31)/t23-/m1/s1. The number of amides is 2. The molecule has 2 aromatic carbocycles. The molecule has 0 saturated carbocycles. The van der Waals surface area contributed by atoms with Gasteiger partial charge in [0, 0.05) is 43.6 Å². The maximum Gasteiger partial charge on any atom is 0.245 e. The van der Waals surface area contributed by atoms with Gasteiger partial charge in [-0.25, -0.2) is 4.98 Å².